The highest BCUT2D eigenvalue weighted by Gasteiger charge is 2.35. The van der Waals surface area contributed by atoms with Crippen LogP contribution in [0.5, 0.6) is 0 Å². The zero-order chi connectivity index (χ0) is 23.7. The molecule has 1 N–H and O–H groups in total. The molecule has 1 aliphatic carbocycles. The molecule has 178 valence electrons. The summed E-state index contributed by atoms with van der Waals surface area (Å²) in [6.45, 7) is 8.76. The predicted molar refractivity (Wildman–Crippen MR) is 128 cm³/mol. The van der Waals surface area contributed by atoms with Gasteiger partial charge in [0.1, 0.15) is 24.1 Å². The molecular formula is C24H30BrF2N5O. The number of carbonyl (C=O) groups excluding carboxylic acids is 1. The van der Waals surface area contributed by atoms with Gasteiger partial charge in [-0.3, -0.25) is 4.79 Å². The third-order valence-corrected chi connectivity index (χ3v) is 7.15. The van der Waals surface area contributed by atoms with Gasteiger partial charge < -0.3 is 15.1 Å². The summed E-state index contributed by atoms with van der Waals surface area (Å²) in [6.07, 6.45) is 0.833. The lowest BCUT2D eigenvalue weighted by Gasteiger charge is -2.38. The van der Waals surface area contributed by atoms with Crippen molar-refractivity contribution in [1.82, 2.24) is 20.2 Å². The van der Waals surface area contributed by atoms with E-state index in [1.54, 1.807) is 12.1 Å². The van der Waals surface area contributed by atoms with E-state index in [0.717, 1.165) is 11.4 Å². The van der Waals surface area contributed by atoms with Crippen molar-refractivity contribution in [3.8, 4) is 0 Å². The number of alkyl halides is 1. The lowest BCUT2D eigenvalue weighted by atomic mass is 9.96. The molecule has 4 rings (SSSR count). The van der Waals surface area contributed by atoms with Crippen molar-refractivity contribution < 1.29 is 13.6 Å². The van der Waals surface area contributed by atoms with Gasteiger partial charge in [0.2, 0.25) is 5.91 Å². The van der Waals surface area contributed by atoms with Gasteiger partial charge >= 0.3 is 0 Å². The average Bonchev–Trinajstić information content (AvgIpc) is 3.09. The number of hydrogen-bond acceptors (Lipinski definition) is 5. The Kier molecular flexibility index (Phi) is 7.28. The summed E-state index contributed by atoms with van der Waals surface area (Å²) in [5.74, 6) is -0.0123. The molecule has 9 heteroatoms. The highest BCUT2D eigenvalue weighted by atomic mass is 79.9. The van der Waals surface area contributed by atoms with Gasteiger partial charge in [-0.2, -0.15) is 0 Å². The number of piperazine rings is 1. The first-order valence-corrected chi connectivity index (χ1v) is 12.3. The van der Waals surface area contributed by atoms with Crippen LogP contribution < -0.4 is 10.2 Å². The molecule has 1 aromatic carbocycles. The van der Waals surface area contributed by atoms with Gasteiger partial charge in [-0.25, -0.2) is 18.7 Å². The number of amides is 1. The number of hydrogen-bond donors (Lipinski definition) is 1. The number of aromatic nitrogens is 2. The number of halogens is 3. The van der Waals surface area contributed by atoms with Crippen LogP contribution in [-0.4, -0.2) is 59.5 Å². The van der Waals surface area contributed by atoms with Gasteiger partial charge in [0.15, 0.2) is 0 Å². The van der Waals surface area contributed by atoms with Gasteiger partial charge in [-0.15, -0.1) is 0 Å². The Hall–Kier alpha value is -2.13. The van der Waals surface area contributed by atoms with E-state index in [1.165, 1.54) is 12.4 Å². The van der Waals surface area contributed by atoms with Crippen LogP contribution in [0.25, 0.3) is 0 Å². The normalized spacial score (nSPS) is 21.4. The van der Waals surface area contributed by atoms with Crippen LogP contribution in [0, 0.1) is 5.82 Å². The molecule has 6 nitrogen and oxygen atoms in total. The monoisotopic (exact) mass is 521 g/mol. The Bertz CT molecular complexity index is 1010. The number of benzene rings is 1. The molecule has 2 heterocycles. The molecule has 1 fully saturated rings. The fourth-order valence-electron chi connectivity index (χ4n) is 4.70. The minimum atomic E-state index is -1.04. The molecule has 2 aliphatic rings. The number of nitrogens with zero attached hydrogens (tertiary/aromatic N) is 4. The fraction of sp³-hybridized carbons (Fsp3) is 0.542. The Labute approximate surface area is 201 Å². The SMILES string of the molecule is CC(C)NCC(C(=O)N1CCN(c2ncnc3c2[C@H](C)C[C@@H]3F)CC1)c1ccc(Br)c(F)c1. The van der Waals surface area contributed by atoms with Crippen LogP contribution in [0.4, 0.5) is 14.6 Å². The number of rotatable bonds is 6. The summed E-state index contributed by atoms with van der Waals surface area (Å²) < 4.78 is 28.9. The zero-order valence-electron chi connectivity index (χ0n) is 19.2. The van der Waals surface area contributed by atoms with Crippen molar-refractivity contribution in [2.45, 2.75) is 51.2 Å². The topological polar surface area (TPSA) is 61.4 Å². The van der Waals surface area contributed by atoms with Crippen molar-refractivity contribution in [1.29, 1.82) is 0 Å². The minimum Gasteiger partial charge on any atom is -0.353 e. The second-order valence-corrected chi connectivity index (χ2v) is 10.1. The van der Waals surface area contributed by atoms with Crippen molar-refractivity contribution in [3.05, 3.63) is 51.6 Å². The smallest absolute Gasteiger partial charge is 0.231 e. The highest BCUT2D eigenvalue weighted by Crippen LogP contribution is 2.44. The summed E-state index contributed by atoms with van der Waals surface area (Å²) in [4.78, 5) is 26.1. The van der Waals surface area contributed by atoms with Gasteiger partial charge in [0.25, 0.3) is 0 Å². The largest absolute Gasteiger partial charge is 0.353 e. The maximum atomic E-state index is 14.3. The number of carbonyl (C=O) groups is 1. The summed E-state index contributed by atoms with van der Waals surface area (Å²) in [7, 11) is 0. The Morgan fingerprint density at radius 3 is 2.64 bits per heavy atom. The van der Waals surface area contributed by atoms with Gasteiger partial charge in [0.05, 0.1) is 16.1 Å². The van der Waals surface area contributed by atoms with Crippen LogP contribution in [0.3, 0.4) is 0 Å². The van der Waals surface area contributed by atoms with Crippen LogP contribution in [0.15, 0.2) is 29.0 Å². The van der Waals surface area contributed by atoms with E-state index in [2.05, 4.69) is 36.1 Å². The van der Waals surface area contributed by atoms with Gasteiger partial charge in [-0.05, 0) is 46.0 Å². The first-order valence-electron chi connectivity index (χ1n) is 11.5. The molecular weight excluding hydrogens is 492 g/mol. The van der Waals surface area contributed by atoms with E-state index in [9.17, 15) is 13.6 Å². The van der Waals surface area contributed by atoms with E-state index < -0.39 is 12.1 Å². The van der Waals surface area contributed by atoms with Crippen molar-refractivity contribution >= 4 is 27.7 Å². The summed E-state index contributed by atoms with van der Waals surface area (Å²) in [5.41, 5.74) is 2.06. The average molecular weight is 522 g/mol. The fourth-order valence-corrected chi connectivity index (χ4v) is 4.95. The quantitative estimate of drug-likeness (QED) is 0.613. The van der Waals surface area contributed by atoms with E-state index >= 15 is 0 Å². The second-order valence-electron chi connectivity index (χ2n) is 9.20. The van der Waals surface area contributed by atoms with Crippen LogP contribution in [0.2, 0.25) is 0 Å². The highest BCUT2D eigenvalue weighted by molar-refractivity contribution is 9.10. The Morgan fingerprint density at radius 2 is 1.97 bits per heavy atom. The molecule has 33 heavy (non-hydrogen) atoms. The molecule has 1 unspecified atom stereocenters. The third kappa shape index (κ3) is 5.04. The first kappa shape index (κ1) is 24.0. The molecule has 2 aromatic rings. The molecule has 1 aliphatic heterocycles. The zero-order valence-corrected chi connectivity index (χ0v) is 20.8. The summed E-state index contributed by atoms with van der Waals surface area (Å²) >= 11 is 3.19. The molecule has 0 radical (unpaired) electrons. The van der Waals surface area contributed by atoms with Crippen molar-refractivity contribution in [2.75, 3.05) is 37.6 Å². The third-order valence-electron chi connectivity index (χ3n) is 6.51. The standard InChI is InChI=1S/C24H30BrF2N5O/c1-14(2)28-12-17(16-4-5-18(25)19(26)11-16)24(33)32-8-6-31(7-9-32)23-21-15(3)10-20(27)22(21)29-13-30-23/h4-5,11,13-15,17,20,28H,6-10,12H2,1-3H3/t15-,17?,20+/m1/s1. The molecule has 0 bridgehead atoms. The van der Waals surface area contributed by atoms with E-state index in [-0.39, 0.29) is 23.7 Å². The maximum Gasteiger partial charge on any atom is 0.231 e. The van der Waals surface area contributed by atoms with Crippen LogP contribution >= 0.6 is 15.9 Å². The lowest BCUT2D eigenvalue weighted by molar-refractivity contribution is -0.133. The Morgan fingerprint density at radius 1 is 1.24 bits per heavy atom. The maximum absolute atomic E-state index is 14.3. The van der Waals surface area contributed by atoms with Crippen LogP contribution in [0.1, 0.15) is 62.0 Å². The van der Waals surface area contributed by atoms with Crippen molar-refractivity contribution in [2.24, 2.45) is 0 Å². The molecule has 0 saturated carbocycles. The van der Waals surface area contributed by atoms with E-state index in [1.807, 2.05) is 25.7 Å². The summed E-state index contributed by atoms with van der Waals surface area (Å²) in [6, 6.07) is 5.09. The van der Waals surface area contributed by atoms with E-state index in [4.69, 9.17) is 0 Å². The second kappa shape index (κ2) is 10.0. The number of anilines is 1. The predicted octanol–water partition coefficient (Wildman–Crippen LogP) is 4.33. The molecule has 1 aromatic heterocycles. The molecule has 3 atom stereocenters. The van der Waals surface area contributed by atoms with Gasteiger partial charge in [-0.1, -0.05) is 26.8 Å². The van der Waals surface area contributed by atoms with E-state index in [0.29, 0.717) is 54.9 Å². The van der Waals surface area contributed by atoms with Crippen molar-refractivity contribution in [3.63, 3.8) is 0 Å². The van der Waals surface area contributed by atoms with Gasteiger partial charge in [0, 0.05) is 44.3 Å². The summed E-state index contributed by atoms with van der Waals surface area (Å²) in [5, 5.41) is 3.33. The lowest BCUT2D eigenvalue weighted by Crippen LogP contribution is -2.51. The first-order chi connectivity index (χ1) is 15.8. The van der Waals surface area contributed by atoms with Crippen LogP contribution in [-0.2, 0) is 4.79 Å². The molecule has 1 amide bonds. The number of fused-ring (bicyclic) bond motifs is 1. The number of nitrogens with one attached hydrogen (secondary N) is 1. The minimum absolute atomic E-state index is 0.0189. The molecule has 1 saturated heterocycles. The molecule has 0 spiro atoms. The Balaban J connectivity index is 1.49.